The second kappa shape index (κ2) is 7.32. The molecule has 25 heavy (non-hydrogen) atoms. The first kappa shape index (κ1) is 16.9. The normalized spacial score (nSPS) is 10.8. The van der Waals surface area contributed by atoms with Crippen LogP contribution in [0.25, 0.3) is 10.8 Å². The number of ether oxygens (including phenoxy) is 1. The predicted octanol–water partition coefficient (Wildman–Crippen LogP) is 2.56. The van der Waals surface area contributed by atoms with Gasteiger partial charge in [0, 0.05) is 17.1 Å². The number of carbonyl (C=O) groups is 1. The van der Waals surface area contributed by atoms with E-state index in [9.17, 15) is 9.59 Å². The molecule has 1 heterocycles. The molecule has 1 N–H and O–H groups in total. The quantitative estimate of drug-likeness (QED) is 0.702. The van der Waals surface area contributed by atoms with Gasteiger partial charge in [0.15, 0.2) is 5.78 Å². The minimum Gasteiger partial charge on any atom is -0.491 e. The summed E-state index contributed by atoms with van der Waals surface area (Å²) in [7, 11) is 0. The molecule has 3 aromatic rings. The molecule has 0 aliphatic rings. The van der Waals surface area contributed by atoms with Crippen molar-refractivity contribution < 1.29 is 14.6 Å². The lowest BCUT2D eigenvalue weighted by Crippen LogP contribution is -2.23. The van der Waals surface area contributed by atoms with Crippen molar-refractivity contribution in [2.75, 3.05) is 13.2 Å². The van der Waals surface area contributed by atoms with Crippen molar-refractivity contribution in [1.29, 1.82) is 0 Å². The fourth-order valence-corrected chi connectivity index (χ4v) is 2.69. The van der Waals surface area contributed by atoms with Gasteiger partial charge in [0.25, 0.3) is 5.56 Å². The van der Waals surface area contributed by atoms with Crippen LogP contribution in [0.2, 0.25) is 0 Å². The van der Waals surface area contributed by atoms with Crippen LogP contribution in [0, 0.1) is 6.92 Å². The van der Waals surface area contributed by atoms with Gasteiger partial charge in [0.05, 0.1) is 6.54 Å². The number of fused-ring (bicyclic) bond motifs is 1. The van der Waals surface area contributed by atoms with Crippen LogP contribution in [0.4, 0.5) is 0 Å². The number of pyridine rings is 1. The fourth-order valence-electron chi connectivity index (χ4n) is 2.69. The van der Waals surface area contributed by atoms with Crippen molar-refractivity contribution in [1.82, 2.24) is 4.57 Å². The van der Waals surface area contributed by atoms with Gasteiger partial charge in [0.2, 0.25) is 0 Å². The Kier molecular flexibility index (Phi) is 4.95. The standard InChI is InChI=1S/C20H19NO4/c1-14-4-2-3-5-19(14)25-11-10-21-9-8-15-6-7-16(18(23)13-22)12-17(15)20(21)24/h2-9,12,22H,10-11,13H2,1H3. The van der Waals surface area contributed by atoms with Crippen LogP contribution in [0.15, 0.2) is 59.5 Å². The van der Waals surface area contributed by atoms with E-state index in [1.165, 1.54) is 6.07 Å². The number of aliphatic hydroxyl groups is 1. The van der Waals surface area contributed by atoms with Crippen molar-refractivity contribution in [2.24, 2.45) is 0 Å². The van der Waals surface area contributed by atoms with E-state index in [2.05, 4.69) is 0 Å². The molecule has 3 rings (SSSR count). The van der Waals surface area contributed by atoms with Gasteiger partial charge in [-0.3, -0.25) is 9.59 Å². The number of aromatic nitrogens is 1. The molecule has 2 aromatic carbocycles. The number of ketones is 1. The molecule has 0 aliphatic carbocycles. The summed E-state index contributed by atoms with van der Waals surface area (Å²) in [5.41, 5.74) is 1.19. The molecule has 128 valence electrons. The summed E-state index contributed by atoms with van der Waals surface area (Å²) in [6.45, 7) is 2.17. The van der Waals surface area contributed by atoms with E-state index in [4.69, 9.17) is 9.84 Å². The summed E-state index contributed by atoms with van der Waals surface area (Å²) >= 11 is 0. The Hall–Kier alpha value is -2.92. The molecule has 0 radical (unpaired) electrons. The number of carbonyl (C=O) groups excluding carboxylic acids is 1. The Bertz CT molecular complexity index is 975. The maximum atomic E-state index is 12.6. The van der Waals surface area contributed by atoms with E-state index in [1.54, 1.807) is 22.9 Å². The second-order valence-electron chi connectivity index (χ2n) is 5.81. The molecule has 0 unspecified atom stereocenters. The first-order chi connectivity index (χ1) is 12.1. The number of nitrogens with zero attached hydrogens (tertiary/aromatic N) is 1. The van der Waals surface area contributed by atoms with E-state index in [0.717, 1.165) is 16.7 Å². The van der Waals surface area contributed by atoms with Gasteiger partial charge >= 0.3 is 0 Å². The van der Waals surface area contributed by atoms with Crippen molar-refractivity contribution in [3.63, 3.8) is 0 Å². The molecule has 0 saturated heterocycles. The third-order valence-electron chi connectivity index (χ3n) is 4.13. The second-order valence-corrected chi connectivity index (χ2v) is 5.81. The number of hydrogen-bond donors (Lipinski definition) is 1. The molecular formula is C20H19NO4. The summed E-state index contributed by atoms with van der Waals surface area (Å²) < 4.78 is 7.30. The highest BCUT2D eigenvalue weighted by molar-refractivity contribution is 6.00. The highest BCUT2D eigenvalue weighted by Gasteiger charge is 2.08. The summed E-state index contributed by atoms with van der Waals surface area (Å²) in [5.74, 6) is 0.395. The number of aliphatic hydroxyl groups excluding tert-OH is 1. The summed E-state index contributed by atoms with van der Waals surface area (Å²) in [4.78, 5) is 24.3. The SMILES string of the molecule is Cc1ccccc1OCCn1ccc2ccc(C(=O)CO)cc2c1=O. The zero-order valence-electron chi connectivity index (χ0n) is 13.9. The van der Waals surface area contributed by atoms with Crippen molar-refractivity contribution in [3.05, 3.63) is 76.2 Å². The molecule has 0 saturated carbocycles. The number of aryl methyl sites for hydroxylation is 1. The highest BCUT2D eigenvalue weighted by Crippen LogP contribution is 2.16. The lowest BCUT2D eigenvalue weighted by molar-refractivity contribution is 0.0904. The zero-order chi connectivity index (χ0) is 17.8. The van der Waals surface area contributed by atoms with Crippen LogP contribution in [-0.2, 0) is 6.54 Å². The molecule has 0 bridgehead atoms. The highest BCUT2D eigenvalue weighted by atomic mass is 16.5. The van der Waals surface area contributed by atoms with Gasteiger partial charge in [-0.15, -0.1) is 0 Å². The molecule has 0 spiro atoms. The van der Waals surface area contributed by atoms with Crippen LogP contribution >= 0.6 is 0 Å². The maximum absolute atomic E-state index is 12.6. The molecule has 1 aromatic heterocycles. The molecule has 0 atom stereocenters. The summed E-state index contributed by atoms with van der Waals surface area (Å²) in [5, 5.41) is 10.2. The molecule has 0 aliphatic heterocycles. The Morgan fingerprint density at radius 1 is 1.16 bits per heavy atom. The molecular weight excluding hydrogens is 318 g/mol. The van der Waals surface area contributed by atoms with E-state index >= 15 is 0 Å². The summed E-state index contributed by atoms with van der Waals surface area (Å²) in [6.07, 6.45) is 1.72. The Labute approximate surface area is 145 Å². The first-order valence-corrected chi connectivity index (χ1v) is 8.06. The summed E-state index contributed by atoms with van der Waals surface area (Å²) in [6, 6.07) is 14.4. The lowest BCUT2D eigenvalue weighted by Gasteiger charge is -2.11. The van der Waals surface area contributed by atoms with Gasteiger partial charge in [-0.25, -0.2) is 0 Å². The molecule has 5 nitrogen and oxygen atoms in total. The van der Waals surface area contributed by atoms with E-state index in [0.29, 0.717) is 24.1 Å². The van der Waals surface area contributed by atoms with Gasteiger partial charge in [-0.05, 0) is 36.1 Å². The lowest BCUT2D eigenvalue weighted by atomic mass is 10.1. The van der Waals surface area contributed by atoms with E-state index < -0.39 is 12.4 Å². The van der Waals surface area contributed by atoms with Crippen LogP contribution < -0.4 is 10.3 Å². The Morgan fingerprint density at radius 3 is 2.72 bits per heavy atom. The number of hydrogen-bond acceptors (Lipinski definition) is 4. The first-order valence-electron chi connectivity index (χ1n) is 8.06. The minimum atomic E-state index is -0.573. The predicted molar refractivity (Wildman–Crippen MR) is 96.3 cm³/mol. The number of para-hydroxylation sites is 1. The van der Waals surface area contributed by atoms with E-state index in [1.807, 2.05) is 37.3 Å². The number of benzene rings is 2. The topological polar surface area (TPSA) is 68.5 Å². The van der Waals surface area contributed by atoms with Crippen LogP contribution in [-0.4, -0.2) is 28.7 Å². The number of Topliss-reactive ketones (excluding diaryl/α,β-unsaturated/α-hetero) is 1. The van der Waals surface area contributed by atoms with Crippen LogP contribution in [0.5, 0.6) is 5.75 Å². The number of rotatable bonds is 6. The third-order valence-corrected chi connectivity index (χ3v) is 4.13. The van der Waals surface area contributed by atoms with Gasteiger partial charge in [-0.1, -0.05) is 30.3 Å². The molecule has 0 fully saturated rings. The maximum Gasteiger partial charge on any atom is 0.258 e. The van der Waals surface area contributed by atoms with Crippen molar-refractivity contribution in [3.8, 4) is 5.75 Å². The zero-order valence-corrected chi connectivity index (χ0v) is 13.9. The molecule has 5 heteroatoms. The average Bonchev–Trinajstić information content (AvgIpc) is 2.64. The largest absolute Gasteiger partial charge is 0.491 e. The monoisotopic (exact) mass is 337 g/mol. The Morgan fingerprint density at radius 2 is 1.96 bits per heavy atom. The van der Waals surface area contributed by atoms with Crippen LogP contribution in [0.1, 0.15) is 15.9 Å². The van der Waals surface area contributed by atoms with Gasteiger partial charge < -0.3 is 14.4 Å². The van der Waals surface area contributed by atoms with E-state index in [-0.39, 0.29) is 5.56 Å². The van der Waals surface area contributed by atoms with Crippen molar-refractivity contribution in [2.45, 2.75) is 13.5 Å². The van der Waals surface area contributed by atoms with Gasteiger partial charge in [-0.2, -0.15) is 0 Å². The third kappa shape index (κ3) is 3.61. The minimum absolute atomic E-state index is 0.182. The van der Waals surface area contributed by atoms with Gasteiger partial charge in [0.1, 0.15) is 19.0 Å². The van der Waals surface area contributed by atoms with Crippen molar-refractivity contribution >= 4 is 16.6 Å². The average molecular weight is 337 g/mol. The fraction of sp³-hybridized carbons (Fsp3) is 0.200. The Balaban J connectivity index is 1.82. The molecule has 0 amide bonds. The smallest absolute Gasteiger partial charge is 0.258 e. The van der Waals surface area contributed by atoms with Crippen LogP contribution in [0.3, 0.4) is 0 Å².